The minimum absolute atomic E-state index is 0.0527. The summed E-state index contributed by atoms with van der Waals surface area (Å²) in [6.07, 6.45) is -1.94. The van der Waals surface area contributed by atoms with Crippen molar-refractivity contribution in [2.75, 3.05) is 20.8 Å². The van der Waals surface area contributed by atoms with Gasteiger partial charge >= 0.3 is 12.9 Å². The molecular weight excluding hydrogens is 678 g/mol. The van der Waals surface area contributed by atoms with Gasteiger partial charge in [0.25, 0.3) is 0 Å². The second-order valence-electron chi connectivity index (χ2n) is 8.96. The average Bonchev–Trinajstić information content (AvgIpc) is 3.41. The Kier molecular flexibility index (Phi) is 19.2. The van der Waals surface area contributed by atoms with Gasteiger partial charge in [0, 0.05) is 32.0 Å². The van der Waals surface area contributed by atoms with Crippen LogP contribution >= 0.6 is 18.9 Å². The smallest absolute Gasteiger partial charge is 0.434 e. The van der Waals surface area contributed by atoms with E-state index in [-0.39, 0.29) is 18.2 Å². The van der Waals surface area contributed by atoms with Gasteiger partial charge in [-0.05, 0) is 131 Å². The Bertz CT molecular complexity index is 2070. The minimum Gasteiger partial charge on any atom is -0.434 e. The molecule has 1 saturated carbocycles. The predicted molar refractivity (Wildman–Crippen MR) is 193 cm³/mol. The van der Waals surface area contributed by atoms with E-state index < -0.39 is 37.0 Å². The molecule has 0 saturated heterocycles. The van der Waals surface area contributed by atoms with Crippen molar-refractivity contribution in [1.29, 1.82) is 0 Å². The Labute approximate surface area is 298 Å². The number of nitrogens with one attached hydrogen (secondary N) is 1. The number of methoxy groups -OCH3 is 1. The van der Waals surface area contributed by atoms with Crippen LogP contribution in [0.1, 0.15) is 18.9 Å². The number of benzene rings is 1. The summed E-state index contributed by atoms with van der Waals surface area (Å²) in [5, 5.41) is 3.10. The molecule has 1 aliphatic carbocycles. The Morgan fingerprint density at radius 3 is 1.82 bits per heavy atom. The van der Waals surface area contributed by atoms with Gasteiger partial charge in [-0.3, -0.25) is 0 Å². The van der Waals surface area contributed by atoms with E-state index in [1.54, 1.807) is 6.92 Å². The zero-order valence-corrected chi connectivity index (χ0v) is 29.0. The summed E-state index contributed by atoms with van der Waals surface area (Å²) in [4.78, 5) is 22.8. The first kappa shape index (κ1) is 39.6. The second kappa shape index (κ2) is 23.7. The summed E-state index contributed by atoms with van der Waals surface area (Å²) in [5.74, 6) is 50.4. The van der Waals surface area contributed by atoms with E-state index >= 15 is 0 Å². The minimum atomic E-state index is -3.60. The molecule has 1 aliphatic rings. The Hall–Kier alpha value is -5.53. The molecule has 0 spiro atoms. The molecule has 8 nitrogen and oxygen atoms in total. The molecule has 11 heteroatoms. The summed E-state index contributed by atoms with van der Waals surface area (Å²) >= 11 is 10.4. The number of hydrogen-bond acceptors (Lipinski definition) is 8. The predicted octanol–water partition coefficient (Wildman–Crippen LogP) is 2.96. The first-order chi connectivity index (χ1) is 23.8. The van der Waals surface area contributed by atoms with Crippen LogP contribution in [0.2, 0.25) is 0 Å². The molecular formula is C38H26NO7PS2. The summed E-state index contributed by atoms with van der Waals surface area (Å²) < 4.78 is 26.9. The molecule has 0 aromatic heterocycles. The van der Waals surface area contributed by atoms with Gasteiger partial charge in [0.1, 0.15) is 25.4 Å². The van der Waals surface area contributed by atoms with Gasteiger partial charge in [-0.15, -0.1) is 0 Å². The maximum Gasteiger partial charge on any atom is 0.508 e. The van der Waals surface area contributed by atoms with Crippen LogP contribution in [0, 0.1) is 124 Å². The number of hydrogen-bond donors (Lipinski definition) is 2. The molecule has 0 aliphatic heterocycles. The standard InChI is InChI=1S/C38H26NO7PS2/c1-4-5-6-7-8-9-10-11-12-13-14-15-16-17-18-19-20-21-25-28-35(48)39-34-29-33(36(37(34)42-2)46-47(41,49)43-3)31-45-38(40)44-30-32-26-23-22-24-27-32/h22-24,26-27,33-34,36-37H,29-31H2,1-3H3,(H,39,48)(H,41,49)/t33-,34+,36+,37?,47?/m1/s1. The van der Waals surface area contributed by atoms with Gasteiger partial charge in [-0.1, -0.05) is 48.5 Å². The van der Waals surface area contributed by atoms with E-state index in [0.717, 1.165) is 5.56 Å². The third-order valence-corrected chi connectivity index (χ3v) is 7.69. The number of thiocarbonyl (C=S) groups is 1. The van der Waals surface area contributed by atoms with E-state index in [1.165, 1.54) is 14.2 Å². The van der Waals surface area contributed by atoms with Gasteiger partial charge in [0.2, 0.25) is 0 Å². The van der Waals surface area contributed by atoms with E-state index in [9.17, 15) is 9.69 Å². The number of rotatable bonds is 9. The van der Waals surface area contributed by atoms with Crippen molar-refractivity contribution in [1.82, 2.24) is 5.32 Å². The molecule has 2 rings (SSSR count). The van der Waals surface area contributed by atoms with Crippen LogP contribution in [0.5, 0.6) is 0 Å². The molecule has 2 unspecified atom stereocenters. The van der Waals surface area contributed by atoms with Crippen molar-refractivity contribution in [3.63, 3.8) is 0 Å². The Morgan fingerprint density at radius 1 is 0.816 bits per heavy atom. The van der Waals surface area contributed by atoms with E-state index in [2.05, 4.69) is 124 Å². The largest absolute Gasteiger partial charge is 0.508 e. The van der Waals surface area contributed by atoms with Crippen LogP contribution < -0.4 is 5.32 Å². The lowest BCUT2D eigenvalue weighted by atomic mass is 10.1. The number of carbonyl (C=O) groups excluding carboxylic acids is 1. The zero-order valence-electron chi connectivity index (χ0n) is 26.5. The van der Waals surface area contributed by atoms with Gasteiger partial charge < -0.3 is 33.5 Å². The third-order valence-electron chi connectivity index (χ3n) is 5.79. The molecule has 5 atom stereocenters. The van der Waals surface area contributed by atoms with Crippen LogP contribution in [0.3, 0.4) is 0 Å². The Balaban J connectivity index is 1.93. The fourth-order valence-electron chi connectivity index (χ4n) is 3.83. The summed E-state index contributed by atoms with van der Waals surface area (Å²) in [5.41, 5.74) is 0.810. The normalized spacial score (nSPS) is 16.9. The van der Waals surface area contributed by atoms with Crippen LogP contribution in [-0.2, 0) is 41.7 Å². The fourth-order valence-corrected chi connectivity index (χ4v) is 5.01. The van der Waals surface area contributed by atoms with Gasteiger partial charge in [0.05, 0.1) is 6.04 Å². The van der Waals surface area contributed by atoms with Gasteiger partial charge in [-0.25, -0.2) is 4.79 Å². The van der Waals surface area contributed by atoms with Crippen molar-refractivity contribution < 1.29 is 32.9 Å². The second-order valence-corrected chi connectivity index (χ2v) is 12.3. The molecule has 1 fully saturated rings. The molecule has 2 N–H and O–H groups in total. The van der Waals surface area contributed by atoms with Gasteiger partial charge in [0.15, 0.2) is 4.99 Å². The molecule has 0 amide bonds. The molecule has 0 radical (unpaired) electrons. The van der Waals surface area contributed by atoms with E-state index in [1.807, 2.05) is 30.3 Å². The van der Waals surface area contributed by atoms with Crippen LogP contribution in [0.15, 0.2) is 30.3 Å². The first-order valence-corrected chi connectivity index (χ1v) is 17.0. The lowest BCUT2D eigenvalue weighted by Gasteiger charge is -2.28. The molecule has 1 aromatic rings. The fraction of sp³-hybridized carbons (Fsp3) is 0.263. The number of ether oxygens (including phenoxy) is 3. The topological polar surface area (TPSA) is 95.5 Å². The molecule has 0 heterocycles. The van der Waals surface area contributed by atoms with Crippen LogP contribution in [-0.4, -0.2) is 55.1 Å². The summed E-state index contributed by atoms with van der Waals surface area (Å²) in [6, 6.07) is 8.74. The Morgan fingerprint density at radius 2 is 1.33 bits per heavy atom. The molecule has 242 valence electrons. The monoisotopic (exact) mass is 703 g/mol. The lowest BCUT2D eigenvalue weighted by Crippen LogP contribution is -2.44. The van der Waals surface area contributed by atoms with E-state index in [0.29, 0.717) is 6.42 Å². The van der Waals surface area contributed by atoms with Crippen LogP contribution in [0.25, 0.3) is 0 Å². The van der Waals surface area contributed by atoms with Crippen molar-refractivity contribution in [2.45, 2.75) is 38.2 Å². The first-order valence-electron chi connectivity index (χ1n) is 14.0. The summed E-state index contributed by atoms with van der Waals surface area (Å²) in [7, 11) is 2.71. The highest BCUT2D eigenvalue weighted by atomic mass is 32.5. The highest BCUT2D eigenvalue weighted by Gasteiger charge is 2.47. The van der Waals surface area contributed by atoms with E-state index in [4.69, 9.17) is 47.3 Å². The zero-order chi connectivity index (χ0) is 35.6. The quantitative estimate of drug-likeness (QED) is 0.173. The molecule has 1 aromatic carbocycles. The maximum atomic E-state index is 12.3. The van der Waals surface area contributed by atoms with Gasteiger partial charge in [-0.2, -0.15) is 0 Å². The average molecular weight is 704 g/mol. The van der Waals surface area contributed by atoms with Crippen molar-refractivity contribution in [3.05, 3.63) is 35.9 Å². The van der Waals surface area contributed by atoms with Crippen molar-refractivity contribution in [2.24, 2.45) is 5.92 Å². The number of carbonyl (C=O) groups is 1. The summed E-state index contributed by atoms with van der Waals surface area (Å²) in [6.45, 7) is -1.96. The molecule has 49 heavy (non-hydrogen) atoms. The van der Waals surface area contributed by atoms with Crippen molar-refractivity contribution in [3.8, 4) is 118 Å². The highest BCUT2D eigenvalue weighted by Crippen LogP contribution is 2.48. The van der Waals surface area contributed by atoms with Crippen LogP contribution in [0.4, 0.5) is 4.79 Å². The molecule has 0 bridgehead atoms. The van der Waals surface area contributed by atoms with Crippen molar-refractivity contribution >= 4 is 41.9 Å². The SMILES string of the molecule is CC#CC#CC#CC#CC#CC#CC#CC#CC#CC#CC(=S)N[C@H]1C[C@H](COC(=O)OCc2ccccc2)[C@H](OP(O)(=S)OC)C1OC. The third kappa shape index (κ3) is 17.3. The lowest BCUT2D eigenvalue weighted by molar-refractivity contribution is -0.0250. The highest BCUT2D eigenvalue weighted by molar-refractivity contribution is 8.07. The maximum absolute atomic E-state index is 12.3.